The third-order valence-electron chi connectivity index (χ3n) is 3.50. The van der Waals surface area contributed by atoms with Gasteiger partial charge in [-0.05, 0) is 26.4 Å². The number of aromatic nitrogens is 2. The molecule has 1 aliphatic rings. The second kappa shape index (κ2) is 7.25. The molecule has 0 unspecified atom stereocenters. The van der Waals surface area contributed by atoms with Crippen molar-refractivity contribution in [2.45, 2.75) is 12.8 Å². The fraction of sp³-hybridized carbons (Fsp3) is 0.692. The van der Waals surface area contributed by atoms with Crippen LogP contribution < -0.4 is 5.32 Å². The Morgan fingerprint density at radius 2 is 2.16 bits per heavy atom. The van der Waals surface area contributed by atoms with Gasteiger partial charge in [0.15, 0.2) is 5.82 Å². The molecule has 6 heteroatoms. The molecule has 0 saturated carbocycles. The minimum atomic E-state index is -0.121. The van der Waals surface area contributed by atoms with Gasteiger partial charge in [0.2, 0.25) is 0 Å². The van der Waals surface area contributed by atoms with Crippen LogP contribution in [0.2, 0.25) is 0 Å². The summed E-state index contributed by atoms with van der Waals surface area (Å²) in [6.07, 6.45) is 5.38. The summed E-state index contributed by atoms with van der Waals surface area (Å²) in [5.74, 6) is 0.267. The highest BCUT2D eigenvalue weighted by Crippen LogP contribution is 2.01. The lowest BCUT2D eigenvalue weighted by molar-refractivity contribution is 0.0942. The number of amides is 1. The van der Waals surface area contributed by atoms with E-state index >= 15 is 0 Å². The lowest BCUT2D eigenvalue weighted by Crippen LogP contribution is -2.44. The summed E-state index contributed by atoms with van der Waals surface area (Å²) in [7, 11) is 2.17. The van der Waals surface area contributed by atoms with Crippen molar-refractivity contribution in [3.63, 3.8) is 0 Å². The lowest BCUT2D eigenvalue weighted by atomic mass is 10.2. The van der Waals surface area contributed by atoms with Gasteiger partial charge in [-0.3, -0.25) is 4.79 Å². The number of rotatable bonds is 6. The Morgan fingerprint density at radius 1 is 1.37 bits per heavy atom. The van der Waals surface area contributed by atoms with Gasteiger partial charge in [0.25, 0.3) is 5.91 Å². The van der Waals surface area contributed by atoms with Crippen LogP contribution in [-0.4, -0.2) is 72.0 Å². The number of hydrogen-bond acceptors (Lipinski definition) is 4. The van der Waals surface area contributed by atoms with E-state index in [9.17, 15) is 4.79 Å². The Bertz CT molecular complexity index is 370. The molecule has 19 heavy (non-hydrogen) atoms. The molecule has 1 fully saturated rings. The molecule has 0 aliphatic carbocycles. The van der Waals surface area contributed by atoms with Gasteiger partial charge < -0.3 is 20.1 Å². The maximum absolute atomic E-state index is 11.6. The number of nitrogens with one attached hydrogen (secondary N) is 2. The van der Waals surface area contributed by atoms with Crippen molar-refractivity contribution in [3.8, 4) is 0 Å². The van der Waals surface area contributed by atoms with Gasteiger partial charge in [-0.1, -0.05) is 0 Å². The number of H-pyrrole nitrogens is 1. The van der Waals surface area contributed by atoms with Gasteiger partial charge >= 0.3 is 0 Å². The first kappa shape index (κ1) is 14.0. The van der Waals surface area contributed by atoms with Crippen LogP contribution in [-0.2, 0) is 0 Å². The molecule has 2 heterocycles. The van der Waals surface area contributed by atoms with Crippen molar-refractivity contribution in [1.82, 2.24) is 25.1 Å². The second-order valence-electron chi connectivity index (χ2n) is 5.05. The van der Waals surface area contributed by atoms with Crippen LogP contribution in [0.1, 0.15) is 23.5 Å². The van der Waals surface area contributed by atoms with Gasteiger partial charge in [-0.25, -0.2) is 4.98 Å². The Morgan fingerprint density at radius 3 is 2.84 bits per heavy atom. The highest BCUT2D eigenvalue weighted by molar-refractivity contribution is 5.90. The number of hydrogen-bond donors (Lipinski definition) is 2. The normalized spacial score (nSPS) is 17.5. The topological polar surface area (TPSA) is 64.3 Å². The maximum Gasteiger partial charge on any atom is 0.287 e. The average Bonchev–Trinajstić information content (AvgIpc) is 2.94. The molecule has 0 aromatic carbocycles. The average molecular weight is 265 g/mol. The van der Waals surface area contributed by atoms with E-state index in [0.717, 1.165) is 45.6 Å². The number of imidazole rings is 1. The van der Waals surface area contributed by atoms with Crippen LogP contribution in [0.15, 0.2) is 12.4 Å². The first-order valence-corrected chi connectivity index (χ1v) is 6.94. The summed E-state index contributed by atoms with van der Waals surface area (Å²) in [6, 6.07) is 0. The van der Waals surface area contributed by atoms with Crippen molar-refractivity contribution >= 4 is 5.91 Å². The molecule has 0 spiro atoms. The summed E-state index contributed by atoms with van der Waals surface area (Å²) >= 11 is 0. The summed E-state index contributed by atoms with van der Waals surface area (Å²) in [4.78, 5) is 23.2. The highest BCUT2D eigenvalue weighted by atomic mass is 16.2. The van der Waals surface area contributed by atoms with Crippen LogP contribution in [0, 0.1) is 0 Å². The van der Waals surface area contributed by atoms with E-state index < -0.39 is 0 Å². The fourth-order valence-electron chi connectivity index (χ4n) is 2.21. The minimum Gasteiger partial charge on any atom is -0.349 e. The monoisotopic (exact) mass is 265 g/mol. The second-order valence-corrected chi connectivity index (χ2v) is 5.05. The van der Waals surface area contributed by atoms with E-state index in [1.807, 2.05) is 0 Å². The van der Waals surface area contributed by atoms with Gasteiger partial charge in [-0.2, -0.15) is 0 Å². The number of piperazine rings is 1. The Balaban J connectivity index is 1.51. The maximum atomic E-state index is 11.6. The molecule has 0 atom stereocenters. The fourth-order valence-corrected chi connectivity index (χ4v) is 2.21. The molecule has 6 nitrogen and oxygen atoms in total. The van der Waals surface area contributed by atoms with Crippen LogP contribution in [0.4, 0.5) is 0 Å². The summed E-state index contributed by atoms with van der Waals surface area (Å²) in [5.41, 5.74) is 0. The number of likely N-dealkylation sites (N-methyl/N-ethyl adjacent to an activating group) is 1. The zero-order valence-corrected chi connectivity index (χ0v) is 11.6. The Hall–Kier alpha value is -1.40. The van der Waals surface area contributed by atoms with Crippen LogP contribution in [0.5, 0.6) is 0 Å². The van der Waals surface area contributed by atoms with E-state index in [1.54, 1.807) is 12.4 Å². The van der Waals surface area contributed by atoms with E-state index in [-0.39, 0.29) is 5.91 Å². The van der Waals surface area contributed by atoms with Crippen molar-refractivity contribution in [3.05, 3.63) is 18.2 Å². The van der Waals surface area contributed by atoms with Crippen molar-refractivity contribution in [2.24, 2.45) is 0 Å². The van der Waals surface area contributed by atoms with E-state index in [0.29, 0.717) is 12.4 Å². The molecule has 2 N–H and O–H groups in total. The molecular weight excluding hydrogens is 242 g/mol. The third-order valence-corrected chi connectivity index (χ3v) is 3.50. The van der Waals surface area contributed by atoms with E-state index in [4.69, 9.17) is 0 Å². The number of carbonyl (C=O) groups is 1. The molecule has 0 radical (unpaired) electrons. The number of unbranched alkanes of at least 4 members (excludes halogenated alkanes) is 1. The van der Waals surface area contributed by atoms with Gasteiger partial charge in [0, 0.05) is 45.1 Å². The van der Waals surface area contributed by atoms with Crippen molar-refractivity contribution < 1.29 is 4.79 Å². The van der Waals surface area contributed by atoms with Crippen molar-refractivity contribution in [2.75, 3.05) is 46.3 Å². The lowest BCUT2D eigenvalue weighted by Gasteiger charge is -2.32. The number of aromatic amines is 1. The van der Waals surface area contributed by atoms with Crippen LogP contribution in [0.25, 0.3) is 0 Å². The largest absolute Gasteiger partial charge is 0.349 e. The summed E-state index contributed by atoms with van der Waals surface area (Å²) < 4.78 is 0. The molecule has 2 rings (SSSR count). The first-order valence-electron chi connectivity index (χ1n) is 6.94. The van der Waals surface area contributed by atoms with Gasteiger partial charge in [0.05, 0.1) is 0 Å². The molecule has 1 amide bonds. The SMILES string of the molecule is CN1CCN(CCCCNC(=O)c2ncc[nH]2)CC1. The number of carbonyl (C=O) groups excluding carboxylic acids is 1. The predicted molar refractivity (Wildman–Crippen MR) is 74.1 cm³/mol. The third kappa shape index (κ3) is 4.65. The Kier molecular flexibility index (Phi) is 5.35. The van der Waals surface area contributed by atoms with E-state index in [1.165, 1.54) is 0 Å². The first-order chi connectivity index (χ1) is 9.25. The number of nitrogens with zero attached hydrogens (tertiary/aromatic N) is 3. The van der Waals surface area contributed by atoms with Gasteiger partial charge in [-0.15, -0.1) is 0 Å². The standard InChI is InChI=1S/C13H23N5O/c1-17-8-10-18(11-9-17)7-3-2-4-16-13(19)12-14-5-6-15-12/h5-6H,2-4,7-11H2,1H3,(H,14,15)(H,16,19). The molecule has 0 bridgehead atoms. The summed E-state index contributed by atoms with van der Waals surface area (Å²) in [6.45, 7) is 6.49. The minimum absolute atomic E-state index is 0.121. The molecule has 1 aromatic heterocycles. The molecule has 1 aromatic rings. The highest BCUT2D eigenvalue weighted by Gasteiger charge is 2.12. The molecule has 1 aliphatic heterocycles. The zero-order chi connectivity index (χ0) is 13.5. The van der Waals surface area contributed by atoms with Crippen LogP contribution in [0.3, 0.4) is 0 Å². The van der Waals surface area contributed by atoms with Crippen molar-refractivity contribution in [1.29, 1.82) is 0 Å². The molecule has 1 saturated heterocycles. The zero-order valence-electron chi connectivity index (χ0n) is 11.6. The Labute approximate surface area is 114 Å². The van der Waals surface area contributed by atoms with Gasteiger partial charge in [0.1, 0.15) is 0 Å². The van der Waals surface area contributed by atoms with E-state index in [2.05, 4.69) is 32.1 Å². The smallest absolute Gasteiger partial charge is 0.287 e. The predicted octanol–water partition coefficient (Wildman–Crippen LogP) is 0.167. The van der Waals surface area contributed by atoms with Crippen LogP contribution >= 0.6 is 0 Å². The molecule has 106 valence electrons. The summed E-state index contributed by atoms with van der Waals surface area (Å²) in [5, 5.41) is 2.87. The quantitative estimate of drug-likeness (QED) is 0.720. The molecular formula is C13H23N5O.